The fraction of sp³-hybridized carbons (Fsp3) is 0.542. The van der Waals surface area contributed by atoms with Crippen LogP contribution in [-0.2, 0) is 17.6 Å². The van der Waals surface area contributed by atoms with E-state index in [1.165, 1.54) is 16.9 Å². The first kappa shape index (κ1) is 21.0. The van der Waals surface area contributed by atoms with Crippen LogP contribution >= 0.6 is 11.3 Å². The number of nitrogens with zero attached hydrogens (tertiary/aromatic N) is 2. The van der Waals surface area contributed by atoms with Gasteiger partial charge >= 0.3 is 0 Å². The molecule has 1 aliphatic carbocycles. The number of hydrogen-bond acceptors (Lipinski definition) is 4. The average Bonchev–Trinajstić information content (AvgIpc) is 3.17. The molecule has 4 rings (SSSR count). The van der Waals surface area contributed by atoms with Gasteiger partial charge in [-0.1, -0.05) is 20.8 Å². The number of pyridine rings is 1. The first-order chi connectivity index (χ1) is 14.3. The first-order valence-corrected chi connectivity index (χ1v) is 11.7. The molecule has 3 heterocycles. The van der Waals surface area contributed by atoms with Gasteiger partial charge in [-0.15, -0.1) is 11.3 Å². The van der Waals surface area contributed by atoms with Crippen LogP contribution in [0.2, 0.25) is 0 Å². The molecule has 1 unspecified atom stereocenters. The van der Waals surface area contributed by atoms with Crippen LogP contribution < -0.4 is 5.32 Å². The molecule has 0 aromatic carbocycles. The highest BCUT2D eigenvalue weighted by Crippen LogP contribution is 2.40. The van der Waals surface area contributed by atoms with E-state index in [4.69, 9.17) is 0 Å². The summed E-state index contributed by atoms with van der Waals surface area (Å²) in [6, 6.07) is 5.79. The second kappa shape index (κ2) is 8.50. The molecule has 1 N–H and O–H groups in total. The number of fused-ring (bicyclic) bond motifs is 1. The maximum atomic E-state index is 13.1. The van der Waals surface area contributed by atoms with Crippen molar-refractivity contribution in [3.05, 3.63) is 45.9 Å². The van der Waals surface area contributed by atoms with Gasteiger partial charge < -0.3 is 10.2 Å². The zero-order valence-corrected chi connectivity index (χ0v) is 18.9. The van der Waals surface area contributed by atoms with Gasteiger partial charge in [0, 0.05) is 30.1 Å². The summed E-state index contributed by atoms with van der Waals surface area (Å²) in [5, 5.41) is 2.93. The Hall–Kier alpha value is -2.21. The number of rotatable bonds is 3. The van der Waals surface area contributed by atoms with Crippen molar-refractivity contribution < 1.29 is 9.59 Å². The number of carbonyl (C=O) groups is 2. The summed E-state index contributed by atoms with van der Waals surface area (Å²) >= 11 is 1.68. The fourth-order valence-corrected chi connectivity index (χ4v) is 5.73. The normalized spacial score (nSPS) is 20.0. The van der Waals surface area contributed by atoms with Gasteiger partial charge in [-0.2, -0.15) is 0 Å². The van der Waals surface area contributed by atoms with Crippen LogP contribution in [0.1, 0.15) is 60.1 Å². The lowest BCUT2D eigenvalue weighted by molar-refractivity contribution is -0.121. The lowest BCUT2D eigenvalue weighted by atomic mass is 9.72. The summed E-state index contributed by atoms with van der Waals surface area (Å²) in [5.74, 6) is 0.776. The predicted molar refractivity (Wildman–Crippen MR) is 121 cm³/mol. The third kappa shape index (κ3) is 4.59. The van der Waals surface area contributed by atoms with Crippen molar-refractivity contribution in [2.75, 3.05) is 18.4 Å². The molecule has 160 valence electrons. The summed E-state index contributed by atoms with van der Waals surface area (Å²) < 4.78 is 0. The zero-order valence-electron chi connectivity index (χ0n) is 18.1. The Balaban J connectivity index is 1.34. The van der Waals surface area contributed by atoms with Crippen LogP contribution in [0.25, 0.3) is 0 Å². The Bertz CT molecular complexity index is 908. The molecule has 0 bridgehead atoms. The van der Waals surface area contributed by atoms with Gasteiger partial charge in [0.05, 0.1) is 16.8 Å². The zero-order chi connectivity index (χ0) is 21.3. The van der Waals surface area contributed by atoms with E-state index in [2.05, 4.69) is 37.1 Å². The molecule has 0 spiro atoms. The van der Waals surface area contributed by atoms with E-state index in [1.807, 2.05) is 11.0 Å². The Morgan fingerprint density at radius 3 is 2.63 bits per heavy atom. The van der Waals surface area contributed by atoms with E-state index in [0.29, 0.717) is 37.3 Å². The number of anilines is 1. The minimum absolute atomic E-state index is 0.0231. The molecule has 1 saturated heterocycles. The van der Waals surface area contributed by atoms with Crippen molar-refractivity contribution in [2.45, 2.75) is 52.9 Å². The van der Waals surface area contributed by atoms with E-state index >= 15 is 0 Å². The summed E-state index contributed by atoms with van der Waals surface area (Å²) in [6.45, 7) is 8.22. The van der Waals surface area contributed by atoms with Gasteiger partial charge in [0.2, 0.25) is 5.91 Å². The molecule has 2 aromatic heterocycles. The van der Waals surface area contributed by atoms with Crippen molar-refractivity contribution in [3.8, 4) is 0 Å². The lowest BCUT2D eigenvalue weighted by Crippen LogP contribution is -2.41. The Labute approximate surface area is 182 Å². The number of likely N-dealkylation sites (tertiary alicyclic amines) is 1. The van der Waals surface area contributed by atoms with Crippen LogP contribution in [-0.4, -0.2) is 34.8 Å². The van der Waals surface area contributed by atoms with E-state index < -0.39 is 0 Å². The van der Waals surface area contributed by atoms with E-state index in [1.54, 1.807) is 29.8 Å². The largest absolute Gasteiger partial charge is 0.338 e. The molecule has 6 heteroatoms. The Morgan fingerprint density at radius 1 is 1.20 bits per heavy atom. The van der Waals surface area contributed by atoms with E-state index in [9.17, 15) is 9.59 Å². The Kier molecular flexibility index (Phi) is 5.96. The standard InChI is InChI=1S/C24H31N3O2S/c1-24(2,3)18-6-7-20-17(13-18)14-21(30-20)23(29)27-11-8-16(9-12-27)22(28)26-19-5-4-10-25-15-19/h4-5,10,14-16,18H,6-9,11-13H2,1-3H3,(H,26,28). The van der Waals surface area contributed by atoms with Crippen molar-refractivity contribution >= 4 is 28.8 Å². The maximum absolute atomic E-state index is 13.1. The van der Waals surface area contributed by atoms with Crippen LogP contribution in [0.15, 0.2) is 30.6 Å². The van der Waals surface area contributed by atoms with Gasteiger partial charge in [0.25, 0.3) is 5.91 Å². The number of carbonyl (C=O) groups excluding carboxylic acids is 2. The maximum Gasteiger partial charge on any atom is 0.263 e. The molecule has 2 aromatic rings. The van der Waals surface area contributed by atoms with Gasteiger partial charge in [-0.25, -0.2) is 0 Å². The average molecular weight is 426 g/mol. The minimum atomic E-state index is -0.0571. The third-order valence-electron chi connectivity index (χ3n) is 6.60. The topological polar surface area (TPSA) is 62.3 Å². The molecule has 5 nitrogen and oxygen atoms in total. The second-order valence-corrected chi connectivity index (χ2v) is 10.8. The predicted octanol–water partition coefficient (Wildman–Crippen LogP) is 4.79. The number of amides is 2. The monoisotopic (exact) mass is 425 g/mol. The summed E-state index contributed by atoms with van der Waals surface area (Å²) in [7, 11) is 0. The number of thiophene rings is 1. The van der Waals surface area contributed by atoms with Gasteiger partial charge in [-0.05, 0) is 67.2 Å². The molecule has 2 amide bonds. The molecule has 0 saturated carbocycles. The summed E-state index contributed by atoms with van der Waals surface area (Å²) in [5.41, 5.74) is 2.40. The lowest BCUT2D eigenvalue weighted by Gasteiger charge is -2.33. The van der Waals surface area contributed by atoms with Crippen LogP contribution in [0.4, 0.5) is 5.69 Å². The SMILES string of the molecule is CC(C)(C)C1CCc2sc(C(=O)N3CCC(C(=O)Nc4cccnc4)CC3)cc2C1. The number of aryl methyl sites for hydroxylation is 1. The Morgan fingerprint density at radius 2 is 1.97 bits per heavy atom. The number of nitrogens with one attached hydrogen (secondary N) is 1. The molecule has 1 fully saturated rings. The molecule has 0 radical (unpaired) electrons. The number of hydrogen-bond donors (Lipinski definition) is 1. The molecule has 30 heavy (non-hydrogen) atoms. The molecule has 1 atom stereocenters. The van der Waals surface area contributed by atoms with Crippen molar-refractivity contribution in [1.29, 1.82) is 0 Å². The van der Waals surface area contributed by atoms with E-state index in [-0.39, 0.29) is 17.7 Å². The van der Waals surface area contributed by atoms with Crippen LogP contribution in [0, 0.1) is 17.3 Å². The third-order valence-corrected chi connectivity index (χ3v) is 7.83. The number of aromatic nitrogens is 1. The first-order valence-electron chi connectivity index (χ1n) is 10.9. The highest BCUT2D eigenvalue weighted by molar-refractivity contribution is 7.14. The molecule has 2 aliphatic rings. The molecule has 1 aliphatic heterocycles. The molecular weight excluding hydrogens is 394 g/mol. The van der Waals surface area contributed by atoms with Crippen LogP contribution in [0.5, 0.6) is 0 Å². The second-order valence-electron chi connectivity index (χ2n) is 9.66. The van der Waals surface area contributed by atoms with Crippen molar-refractivity contribution in [1.82, 2.24) is 9.88 Å². The number of piperidine rings is 1. The van der Waals surface area contributed by atoms with E-state index in [0.717, 1.165) is 23.4 Å². The smallest absolute Gasteiger partial charge is 0.263 e. The quantitative estimate of drug-likeness (QED) is 0.769. The highest BCUT2D eigenvalue weighted by Gasteiger charge is 2.32. The van der Waals surface area contributed by atoms with Crippen molar-refractivity contribution in [3.63, 3.8) is 0 Å². The highest BCUT2D eigenvalue weighted by atomic mass is 32.1. The fourth-order valence-electron chi connectivity index (χ4n) is 4.55. The summed E-state index contributed by atoms with van der Waals surface area (Å²) in [6.07, 6.45) is 8.13. The van der Waals surface area contributed by atoms with Crippen LogP contribution in [0.3, 0.4) is 0 Å². The van der Waals surface area contributed by atoms with Gasteiger partial charge in [0.15, 0.2) is 0 Å². The van der Waals surface area contributed by atoms with Crippen molar-refractivity contribution in [2.24, 2.45) is 17.3 Å². The summed E-state index contributed by atoms with van der Waals surface area (Å²) in [4.78, 5) is 33.8. The van der Waals surface area contributed by atoms with Gasteiger partial charge in [0.1, 0.15) is 0 Å². The molecular formula is C24H31N3O2S. The minimum Gasteiger partial charge on any atom is -0.338 e. The van der Waals surface area contributed by atoms with Gasteiger partial charge in [-0.3, -0.25) is 14.6 Å².